The van der Waals surface area contributed by atoms with E-state index in [9.17, 15) is 23.1 Å². The lowest BCUT2D eigenvalue weighted by molar-refractivity contribution is -0.125. The number of halogens is 1. The van der Waals surface area contributed by atoms with E-state index in [0.29, 0.717) is 34.4 Å². The predicted molar refractivity (Wildman–Crippen MR) is 164 cm³/mol. The molecule has 1 aromatic heterocycles. The third-order valence-electron chi connectivity index (χ3n) is 6.99. The number of nitrogens with zero attached hydrogens (tertiary/aromatic N) is 4. The summed E-state index contributed by atoms with van der Waals surface area (Å²) in [6, 6.07) is 11.0. The van der Waals surface area contributed by atoms with Crippen molar-refractivity contribution >= 4 is 60.6 Å². The number of carbonyl (C=O) groups is 2. The average Bonchev–Trinajstić information content (AvgIpc) is 3.70. The lowest BCUT2D eigenvalue weighted by Crippen LogP contribution is -2.39. The minimum atomic E-state index is -3.69. The molecule has 0 spiro atoms. The number of aromatic nitrogens is 2. The molecule has 1 fully saturated rings. The summed E-state index contributed by atoms with van der Waals surface area (Å²) in [5, 5.41) is 20.7. The number of fused-ring (bicyclic) bond motifs is 1. The van der Waals surface area contributed by atoms with Crippen LogP contribution in [-0.2, 0) is 14.8 Å². The Balaban J connectivity index is 1.70. The van der Waals surface area contributed by atoms with Crippen LogP contribution in [0.15, 0.2) is 45.9 Å². The van der Waals surface area contributed by atoms with E-state index in [1.54, 1.807) is 17.8 Å². The Bertz CT molecular complexity index is 1560. The Morgan fingerprint density at radius 1 is 1.27 bits per heavy atom. The van der Waals surface area contributed by atoms with Crippen molar-refractivity contribution in [2.45, 2.75) is 38.2 Å². The van der Waals surface area contributed by atoms with Gasteiger partial charge in [-0.25, -0.2) is 13.1 Å². The highest BCUT2D eigenvalue weighted by molar-refractivity contribution is 9.10. The highest BCUT2D eigenvalue weighted by Crippen LogP contribution is 2.46. The van der Waals surface area contributed by atoms with Gasteiger partial charge in [0, 0.05) is 43.3 Å². The summed E-state index contributed by atoms with van der Waals surface area (Å²) < 4.78 is 29.9. The van der Waals surface area contributed by atoms with E-state index in [1.807, 2.05) is 30.3 Å². The van der Waals surface area contributed by atoms with E-state index in [1.165, 1.54) is 24.5 Å². The van der Waals surface area contributed by atoms with Crippen molar-refractivity contribution in [2.75, 3.05) is 37.7 Å². The Labute approximate surface area is 248 Å². The second-order valence-electron chi connectivity index (χ2n) is 10.2. The monoisotopic (exact) mass is 646 g/mol. The highest BCUT2D eigenvalue weighted by atomic mass is 79.9. The van der Waals surface area contributed by atoms with Crippen molar-refractivity contribution in [3.05, 3.63) is 52.1 Å². The van der Waals surface area contributed by atoms with Gasteiger partial charge in [0.1, 0.15) is 5.69 Å². The molecule has 4 rings (SSSR count). The molecule has 11 nitrogen and oxygen atoms in total. The molecule has 220 valence electrons. The maximum Gasteiger partial charge on any atom is 0.270 e. The van der Waals surface area contributed by atoms with Crippen LogP contribution < -0.4 is 14.9 Å². The predicted octanol–water partition coefficient (Wildman–Crippen LogP) is 2.99. The summed E-state index contributed by atoms with van der Waals surface area (Å²) in [5.41, 5.74) is 2.93. The zero-order valence-electron chi connectivity index (χ0n) is 23.5. The van der Waals surface area contributed by atoms with E-state index < -0.39 is 22.0 Å². The lowest BCUT2D eigenvalue weighted by atomic mass is 10.0. The van der Waals surface area contributed by atoms with Gasteiger partial charge in [-0.05, 0) is 74.1 Å². The number of aliphatic imine (C=N–C) groups is 1. The fraction of sp³-hybridized carbons (Fsp3) is 0.429. The van der Waals surface area contributed by atoms with Crippen LogP contribution in [0.25, 0.3) is 16.6 Å². The molecular formula is C28H35BrN6O5S. The molecule has 1 aliphatic carbocycles. The molecule has 2 unspecified atom stereocenters. The van der Waals surface area contributed by atoms with Gasteiger partial charge < -0.3 is 15.7 Å². The number of amides is 2. The topological polar surface area (TPSA) is 146 Å². The number of aliphatic hydroxyl groups is 1. The van der Waals surface area contributed by atoms with Crippen LogP contribution in [0.1, 0.15) is 48.2 Å². The van der Waals surface area contributed by atoms with Crippen molar-refractivity contribution in [2.24, 2.45) is 10.9 Å². The Morgan fingerprint density at radius 2 is 1.95 bits per heavy atom. The summed E-state index contributed by atoms with van der Waals surface area (Å²) in [4.78, 5) is 29.4. The van der Waals surface area contributed by atoms with Gasteiger partial charge in [0.15, 0.2) is 0 Å². The molecule has 3 N–H and O–H groups in total. The Hall–Kier alpha value is -3.29. The molecule has 2 amide bonds. The van der Waals surface area contributed by atoms with Gasteiger partial charge in [0.2, 0.25) is 15.9 Å². The zero-order valence-corrected chi connectivity index (χ0v) is 25.9. The van der Waals surface area contributed by atoms with Gasteiger partial charge in [0.25, 0.3) is 5.91 Å². The van der Waals surface area contributed by atoms with E-state index in [2.05, 4.69) is 31.6 Å². The summed E-state index contributed by atoms with van der Waals surface area (Å²) in [6.07, 6.45) is 3.82. The molecule has 13 heteroatoms. The molecule has 1 saturated carbocycles. The number of anilines is 1. The molecule has 1 heterocycles. The number of benzene rings is 2. The number of hydrogen-bond donors (Lipinski definition) is 3. The van der Waals surface area contributed by atoms with Crippen LogP contribution >= 0.6 is 15.9 Å². The highest BCUT2D eigenvalue weighted by Gasteiger charge is 2.32. The quantitative estimate of drug-likeness (QED) is 0.204. The van der Waals surface area contributed by atoms with E-state index in [-0.39, 0.29) is 30.8 Å². The van der Waals surface area contributed by atoms with Crippen LogP contribution in [0.2, 0.25) is 0 Å². The SMILES string of the molecule is C/N=C\C(C(=O)NCCCN(c1cc2nn(-c3ccc(Br)cc3)c(C(=O)NC)c2cc1C1CC1)S(C)(=O)=O)C(C)O. The van der Waals surface area contributed by atoms with E-state index in [4.69, 9.17) is 5.10 Å². The molecule has 3 aromatic rings. The molecule has 0 aliphatic heterocycles. The Kier molecular flexibility index (Phi) is 9.50. The molecule has 41 heavy (non-hydrogen) atoms. The van der Waals surface area contributed by atoms with Gasteiger partial charge in [-0.1, -0.05) is 15.9 Å². The van der Waals surface area contributed by atoms with Gasteiger partial charge in [-0.15, -0.1) is 0 Å². The first-order chi connectivity index (χ1) is 19.5. The molecule has 0 saturated heterocycles. The molecule has 0 radical (unpaired) electrons. The second kappa shape index (κ2) is 12.7. The molecule has 0 bridgehead atoms. The molecule has 2 aromatic carbocycles. The summed E-state index contributed by atoms with van der Waals surface area (Å²) in [6.45, 7) is 1.85. The maximum atomic E-state index is 13.0. The molecular weight excluding hydrogens is 612 g/mol. The van der Waals surface area contributed by atoms with Gasteiger partial charge >= 0.3 is 0 Å². The van der Waals surface area contributed by atoms with Crippen LogP contribution in [0, 0.1) is 5.92 Å². The average molecular weight is 648 g/mol. The van der Waals surface area contributed by atoms with Gasteiger partial charge in [-0.3, -0.25) is 18.9 Å². The first kappa shape index (κ1) is 30.7. The zero-order chi connectivity index (χ0) is 29.9. The van der Waals surface area contributed by atoms with Gasteiger partial charge in [0.05, 0.1) is 35.2 Å². The number of rotatable bonds is 12. The minimum absolute atomic E-state index is 0.126. The van der Waals surface area contributed by atoms with Crippen LogP contribution in [0.3, 0.4) is 0 Å². The minimum Gasteiger partial charge on any atom is -0.392 e. The van der Waals surface area contributed by atoms with Crippen molar-refractivity contribution in [1.29, 1.82) is 0 Å². The normalized spacial score (nSPS) is 15.2. The van der Waals surface area contributed by atoms with Crippen LogP contribution in [0.4, 0.5) is 5.69 Å². The largest absolute Gasteiger partial charge is 0.392 e. The molecule has 2 atom stereocenters. The summed E-state index contributed by atoms with van der Waals surface area (Å²) in [7, 11) is -0.605. The second-order valence-corrected chi connectivity index (χ2v) is 13.0. The smallest absolute Gasteiger partial charge is 0.270 e. The molecule has 1 aliphatic rings. The van der Waals surface area contributed by atoms with Crippen molar-refractivity contribution < 1.29 is 23.1 Å². The maximum absolute atomic E-state index is 13.0. The fourth-order valence-electron chi connectivity index (χ4n) is 4.77. The number of nitrogens with one attached hydrogen (secondary N) is 2. The third kappa shape index (κ3) is 6.96. The van der Waals surface area contributed by atoms with Crippen molar-refractivity contribution in [1.82, 2.24) is 20.4 Å². The number of sulfonamides is 1. The van der Waals surface area contributed by atoms with E-state index in [0.717, 1.165) is 29.1 Å². The van der Waals surface area contributed by atoms with Crippen molar-refractivity contribution in [3.8, 4) is 5.69 Å². The number of aliphatic hydroxyl groups excluding tert-OH is 1. The first-order valence-corrected chi connectivity index (χ1v) is 16.0. The van der Waals surface area contributed by atoms with Crippen molar-refractivity contribution in [3.63, 3.8) is 0 Å². The van der Waals surface area contributed by atoms with Crippen LogP contribution in [0.5, 0.6) is 0 Å². The van der Waals surface area contributed by atoms with Gasteiger partial charge in [-0.2, -0.15) is 5.10 Å². The number of hydrogen-bond acceptors (Lipinski definition) is 7. The van der Waals surface area contributed by atoms with Crippen LogP contribution in [-0.4, -0.2) is 80.9 Å². The third-order valence-corrected chi connectivity index (χ3v) is 8.70. The Morgan fingerprint density at radius 3 is 2.51 bits per heavy atom. The fourth-order valence-corrected chi connectivity index (χ4v) is 6.01. The number of carbonyl (C=O) groups excluding carboxylic acids is 2. The summed E-state index contributed by atoms with van der Waals surface area (Å²) >= 11 is 3.43. The first-order valence-electron chi connectivity index (χ1n) is 13.4. The van der Waals surface area contributed by atoms with E-state index >= 15 is 0 Å². The summed E-state index contributed by atoms with van der Waals surface area (Å²) in [5.74, 6) is -1.29. The lowest BCUT2D eigenvalue weighted by Gasteiger charge is -2.25. The standard InChI is InChI=1S/C28H35BrN6O5S/c1-17(36)23(16-30-2)27(37)32-12-5-13-34(41(4,39)40)25-15-24-22(14-21(25)18-6-7-18)26(28(38)31-3)35(33-24)20-10-8-19(29)9-11-20/h8-11,14-18,23,36H,5-7,12-13H2,1-4H3,(H,31,38)(H,32,37)/b30-16-.